The highest BCUT2D eigenvalue weighted by Crippen LogP contribution is 2.20. The molecule has 2 aromatic carbocycles. The number of likely N-dealkylation sites (tertiary alicyclic amines) is 1. The van der Waals surface area contributed by atoms with Crippen molar-refractivity contribution in [2.75, 3.05) is 13.1 Å². The number of benzene rings is 2. The fraction of sp³-hybridized carbons (Fsp3) is 0.529. The van der Waals surface area contributed by atoms with Gasteiger partial charge >= 0.3 is 18.4 Å². The van der Waals surface area contributed by atoms with Crippen LogP contribution in [0, 0.1) is 5.92 Å². The van der Waals surface area contributed by atoms with E-state index >= 15 is 0 Å². The van der Waals surface area contributed by atoms with Crippen molar-refractivity contribution >= 4 is 47.5 Å². The fourth-order valence-electron chi connectivity index (χ4n) is 3.63. The van der Waals surface area contributed by atoms with Gasteiger partial charge in [-0.1, -0.05) is 47.5 Å². The van der Waals surface area contributed by atoms with Gasteiger partial charge in [0.15, 0.2) is 0 Å². The summed E-state index contributed by atoms with van der Waals surface area (Å²) in [6.45, 7) is 17.5. The standard InChI is InChI=1S/C17H23ClN2O3.C10H18O5.C7H8ClN/c1-17(2,3)23-16(22)20-9-8-13(11-20)15(21)19-10-12-4-6-14(18)7-5-12;1-9(2,3)14-7(11)13-8(12)15-10(4,5)6;8-7-3-1-6(5-9)2-4-7/h4-7,13H,8-11H2,1-3H3,(H,19,21);1-6H3;1-4H,5,9H2. The molecule has 3 N–H and O–H groups in total. The predicted molar refractivity (Wildman–Crippen MR) is 182 cm³/mol. The first kappa shape index (κ1) is 41.5. The number of nitrogens with one attached hydrogen (secondary N) is 1. The minimum Gasteiger partial charge on any atom is -0.444 e. The van der Waals surface area contributed by atoms with E-state index in [1.807, 2.05) is 57.2 Å². The molecule has 1 aliphatic heterocycles. The van der Waals surface area contributed by atoms with Crippen LogP contribution in [0.15, 0.2) is 48.5 Å². The molecule has 0 spiro atoms. The maximum Gasteiger partial charge on any atom is 0.519 e. The molecule has 47 heavy (non-hydrogen) atoms. The first-order valence-electron chi connectivity index (χ1n) is 15.2. The molecule has 2 amide bonds. The summed E-state index contributed by atoms with van der Waals surface area (Å²) in [5, 5.41) is 4.33. The Morgan fingerprint density at radius 2 is 1.17 bits per heavy atom. The number of carbonyl (C=O) groups is 4. The Morgan fingerprint density at radius 1 is 0.745 bits per heavy atom. The zero-order chi connectivity index (χ0) is 36.0. The number of halogens is 2. The van der Waals surface area contributed by atoms with Crippen molar-refractivity contribution < 1.29 is 38.1 Å². The van der Waals surface area contributed by atoms with E-state index < -0.39 is 29.1 Å². The average molecular weight is 699 g/mol. The van der Waals surface area contributed by atoms with Crippen LogP contribution in [0.25, 0.3) is 0 Å². The van der Waals surface area contributed by atoms with Crippen molar-refractivity contribution in [2.24, 2.45) is 11.7 Å². The van der Waals surface area contributed by atoms with Gasteiger partial charge in [0.2, 0.25) is 5.91 Å². The predicted octanol–water partition coefficient (Wildman–Crippen LogP) is 7.89. The molecule has 1 fully saturated rings. The lowest BCUT2D eigenvalue weighted by atomic mass is 10.1. The molecule has 0 radical (unpaired) electrons. The molecule has 1 atom stereocenters. The molecule has 13 heteroatoms. The summed E-state index contributed by atoms with van der Waals surface area (Å²) in [6.07, 6.45) is -1.81. The Labute approximate surface area is 288 Å². The largest absolute Gasteiger partial charge is 0.519 e. The van der Waals surface area contributed by atoms with E-state index in [2.05, 4.69) is 10.1 Å². The Balaban J connectivity index is 0.000000393. The molecule has 1 heterocycles. The minimum absolute atomic E-state index is 0.0361. The summed E-state index contributed by atoms with van der Waals surface area (Å²) < 4.78 is 19.1. The Hall–Kier alpha value is -3.54. The van der Waals surface area contributed by atoms with Gasteiger partial charge in [-0.15, -0.1) is 0 Å². The molecular weight excluding hydrogens is 649 g/mol. The van der Waals surface area contributed by atoms with E-state index in [1.54, 1.807) is 58.6 Å². The zero-order valence-electron chi connectivity index (χ0n) is 28.8. The van der Waals surface area contributed by atoms with Crippen LogP contribution in [0.3, 0.4) is 0 Å². The monoisotopic (exact) mass is 697 g/mol. The molecule has 3 rings (SSSR count). The summed E-state index contributed by atoms with van der Waals surface area (Å²) in [6, 6.07) is 14.9. The van der Waals surface area contributed by atoms with Crippen molar-refractivity contribution in [3.05, 3.63) is 69.7 Å². The van der Waals surface area contributed by atoms with Gasteiger partial charge in [-0.05, 0) is 104 Å². The summed E-state index contributed by atoms with van der Waals surface area (Å²) in [5.74, 6) is -0.221. The zero-order valence-corrected chi connectivity index (χ0v) is 30.3. The summed E-state index contributed by atoms with van der Waals surface area (Å²) in [7, 11) is 0. The molecule has 0 saturated carbocycles. The van der Waals surface area contributed by atoms with Crippen molar-refractivity contribution in [3.63, 3.8) is 0 Å². The fourth-order valence-corrected chi connectivity index (χ4v) is 3.88. The number of amides is 2. The number of hydrogen-bond donors (Lipinski definition) is 2. The molecule has 0 aliphatic carbocycles. The van der Waals surface area contributed by atoms with Crippen molar-refractivity contribution in [2.45, 2.75) is 98.6 Å². The van der Waals surface area contributed by atoms with Crippen LogP contribution in [0.4, 0.5) is 14.4 Å². The number of nitrogens with two attached hydrogens (primary N) is 1. The highest BCUT2D eigenvalue weighted by molar-refractivity contribution is 6.30. The van der Waals surface area contributed by atoms with Crippen LogP contribution in [-0.2, 0) is 36.8 Å². The highest BCUT2D eigenvalue weighted by Gasteiger charge is 2.33. The number of rotatable bonds is 4. The number of hydrogen-bond acceptors (Lipinski definition) is 9. The minimum atomic E-state index is -1.06. The molecular formula is C34H49Cl2N3O8. The van der Waals surface area contributed by atoms with Gasteiger partial charge in [0.05, 0.1) is 5.92 Å². The lowest BCUT2D eigenvalue weighted by molar-refractivity contribution is -0.124. The van der Waals surface area contributed by atoms with Gasteiger partial charge in [-0.25, -0.2) is 14.4 Å². The maximum absolute atomic E-state index is 12.2. The molecule has 2 aromatic rings. The van der Waals surface area contributed by atoms with Crippen LogP contribution in [0.5, 0.6) is 0 Å². The van der Waals surface area contributed by atoms with Gasteiger partial charge in [0, 0.05) is 36.2 Å². The van der Waals surface area contributed by atoms with E-state index in [-0.39, 0.29) is 17.9 Å². The molecule has 262 valence electrons. The van der Waals surface area contributed by atoms with Crippen LogP contribution >= 0.6 is 23.2 Å². The van der Waals surface area contributed by atoms with Gasteiger partial charge < -0.3 is 34.9 Å². The first-order valence-corrected chi connectivity index (χ1v) is 15.9. The van der Waals surface area contributed by atoms with Crippen LogP contribution in [0.1, 0.15) is 79.9 Å². The Morgan fingerprint density at radius 3 is 1.57 bits per heavy atom. The Bertz CT molecular complexity index is 1270. The quantitative estimate of drug-likeness (QED) is 0.185. The summed E-state index contributed by atoms with van der Waals surface area (Å²) in [4.78, 5) is 47.8. The van der Waals surface area contributed by atoms with E-state index in [1.165, 1.54) is 0 Å². The van der Waals surface area contributed by atoms with Crippen LogP contribution in [-0.4, -0.2) is 59.1 Å². The first-order chi connectivity index (χ1) is 21.6. The van der Waals surface area contributed by atoms with Crippen LogP contribution in [0.2, 0.25) is 10.0 Å². The second-order valence-corrected chi connectivity index (χ2v) is 14.5. The van der Waals surface area contributed by atoms with Gasteiger partial charge in [-0.2, -0.15) is 0 Å². The molecule has 1 aliphatic rings. The number of carbonyl (C=O) groups excluding carboxylic acids is 4. The number of nitrogens with zero attached hydrogens (tertiary/aromatic N) is 1. The SMILES string of the molecule is CC(C)(C)OC(=O)N1CCC(C(=O)NCc2ccc(Cl)cc2)C1.CC(C)(C)OC(=O)OC(=O)OC(C)(C)C.NCc1ccc(Cl)cc1. The lowest BCUT2D eigenvalue weighted by Crippen LogP contribution is -2.37. The normalized spacial score (nSPS) is 14.4. The average Bonchev–Trinajstić information content (AvgIpc) is 3.42. The van der Waals surface area contributed by atoms with Gasteiger partial charge in [0.25, 0.3) is 0 Å². The molecule has 0 aromatic heterocycles. The number of ether oxygens (including phenoxy) is 4. The molecule has 11 nitrogen and oxygen atoms in total. The second-order valence-electron chi connectivity index (χ2n) is 13.6. The van der Waals surface area contributed by atoms with Crippen LogP contribution < -0.4 is 11.1 Å². The summed E-state index contributed by atoms with van der Waals surface area (Å²) >= 11 is 11.5. The molecule has 1 saturated heterocycles. The van der Waals surface area contributed by atoms with Crippen molar-refractivity contribution in [1.82, 2.24) is 10.2 Å². The Kier molecular flexibility index (Phi) is 16.5. The van der Waals surface area contributed by atoms with E-state index in [0.717, 1.165) is 16.1 Å². The third-order valence-electron chi connectivity index (χ3n) is 5.69. The molecule has 0 bridgehead atoms. The van der Waals surface area contributed by atoms with E-state index in [4.69, 9.17) is 43.1 Å². The van der Waals surface area contributed by atoms with Gasteiger partial charge in [-0.3, -0.25) is 4.79 Å². The van der Waals surface area contributed by atoms with E-state index in [0.29, 0.717) is 37.6 Å². The molecule has 1 unspecified atom stereocenters. The second kappa shape index (κ2) is 18.7. The maximum atomic E-state index is 12.2. The smallest absolute Gasteiger partial charge is 0.444 e. The highest BCUT2D eigenvalue weighted by atomic mass is 35.5. The van der Waals surface area contributed by atoms with Crippen molar-refractivity contribution in [1.29, 1.82) is 0 Å². The third kappa shape index (κ3) is 19.7. The lowest BCUT2D eigenvalue weighted by Gasteiger charge is -2.24. The third-order valence-corrected chi connectivity index (χ3v) is 6.19. The van der Waals surface area contributed by atoms with Gasteiger partial charge in [0.1, 0.15) is 16.8 Å². The van der Waals surface area contributed by atoms with Crippen molar-refractivity contribution in [3.8, 4) is 0 Å². The summed E-state index contributed by atoms with van der Waals surface area (Å²) in [5.41, 5.74) is 5.55. The topological polar surface area (TPSA) is 146 Å². The van der Waals surface area contributed by atoms with E-state index in [9.17, 15) is 19.2 Å².